The Bertz CT molecular complexity index is 607. The van der Waals surface area contributed by atoms with E-state index < -0.39 is 11.6 Å². The molecule has 1 aliphatic heterocycles. The summed E-state index contributed by atoms with van der Waals surface area (Å²) in [4.78, 5) is 17.8. The molecular formula is C16H21F2N3O2. The number of rotatable bonds is 3. The highest BCUT2D eigenvalue weighted by molar-refractivity contribution is 5.82. The molecule has 0 bridgehead atoms. The van der Waals surface area contributed by atoms with Crippen LogP contribution in [0.15, 0.2) is 23.2 Å². The molecule has 1 aromatic rings. The van der Waals surface area contributed by atoms with Crippen LogP contribution in [0.3, 0.4) is 0 Å². The fraction of sp³-hybridized carbons (Fsp3) is 0.500. The van der Waals surface area contributed by atoms with Gasteiger partial charge in [-0.05, 0) is 24.1 Å². The van der Waals surface area contributed by atoms with E-state index in [0.717, 1.165) is 18.2 Å². The van der Waals surface area contributed by atoms with Gasteiger partial charge in [-0.1, -0.05) is 6.92 Å². The van der Waals surface area contributed by atoms with Gasteiger partial charge in [-0.3, -0.25) is 9.79 Å². The Labute approximate surface area is 134 Å². The van der Waals surface area contributed by atoms with E-state index in [2.05, 4.69) is 10.3 Å². The number of carbonyl (C=O) groups is 1. The molecule has 1 fully saturated rings. The van der Waals surface area contributed by atoms with Crippen LogP contribution in [-0.4, -0.2) is 44.1 Å². The average Bonchev–Trinajstić information content (AvgIpc) is 2.92. The molecule has 1 saturated heterocycles. The highest BCUT2D eigenvalue weighted by Crippen LogP contribution is 2.24. The SMILES string of the molecule is CN=C(NCc1cc(F)ccc1F)N1CC(C)C(C(=O)OC)C1. The Morgan fingerprint density at radius 3 is 2.83 bits per heavy atom. The first kappa shape index (κ1) is 17.2. The lowest BCUT2D eigenvalue weighted by Gasteiger charge is -2.21. The molecule has 2 unspecified atom stereocenters. The van der Waals surface area contributed by atoms with Crippen LogP contribution in [0.5, 0.6) is 0 Å². The standard InChI is InChI=1S/C16H21F2N3O2/c1-10-8-21(9-13(10)15(22)23-3)16(19-2)20-7-11-6-12(17)4-5-14(11)18/h4-6,10,13H,7-9H2,1-3H3,(H,19,20). The Balaban J connectivity index is 2.01. The van der Waals surface area contributed by atoms with Crippen molar-refractivity contribution in [3.63, 3.8) is 0 Å². The van der Waals surface area contributed by atoms with Crippen molar-refractivity contribution in [3.05, 3.63) is 35.4 Å². The molecule has 7 heteroatoms. The molecule has 23 heavy (non-hydrogen) atoms. The van der Waals surface area contributed by atoms with Crippen molar-refractivity contribution >= 4 is 11.9 Å². The van der Waals surface area contributed by atoms with E-state index in [4.69, 9.17) is 4.74 Å². The lowest BCUT2D eigenvalue weighted by molar-refractivity contribution is -0.145. The van der Waals surface area contributed by atoms with Crippen LogP contribution < -0.4 is 5.32 Å². The predicted molar refractivity (Wildman–Crippen MR) is 82.8 cm³/mol. The maximum atomic E-state index is 13.7. The number of hydrogen-bond donors (Lipinski definition) is 1. The lowest BCUT2D eigenvalue weighted by atomic mass is 9.99. The first-order valence-corrected chi connectivity index (χ1v) is 7.43. The Morgan fingerprint density at radius 2 is 2.17 bits per heavy atom. The molecule has 0 spiro atoms. The maximum Gasteiger partial charge on any atom is 0.310 e. The second-order valence-electron chi connectivity index (χ2n) is 5.65. The zero-order valence-corrected chi connectivity index (χ0v) is 13.5. The number of hydrogen-bond acceptors (Lipinski definition) is 3. The van der Waals surface area contributed by atoms with E-state index in [1.807, 2.05) is 11.8 Å². The summed E-state index contributed by atoms with van der Waals surface area (Å²) in [6.45, 7) is 3.22. The molecule has 0 aromatic heterocycles. The largest absolute Gasteiger partial charge is 0.469 e. The van der Waals surface area contributed by atoms with Gasteiger partial charge >= 0.3 is 5.97 Å². The molecule has 2 rings (SSSR count). The molecule has 0 aliphatic carbocycles. The van der Waals surface area contributed by atoms with Gasteiger partial charge in [0.2, 0.25) is 0 Å². The molecule has 1 aliphatic rings. The summed E-state index contributed by atoms with van der Waals surface area (Å²) in [6.07, 6.45) is 0. The minimum atomic E-state index is -0.487. The summed E-state index contributed by atoms with van der Waals surface area (Å²) in [5, 5.41) is 3.01. The average molecular weight is 325 g/mol. The Kier molecular flexibility index (Phi) is 5.52. The van der Waals surface area contributed by atoms with Crippen LogP contribution in [0.1, 0.15) is 12.5 Å². The predicted octanol–water partition coefficient (Wildman–Crippen LogP) is 1.78. The molecule has 0 saturated carbocycles. The van der Waals surface area contributed by atoms with Crippen molar-refractivity contribution in [2.45, 2.75) is 13.5 Å². The van der Waals surface area contributed by atoms with Crippen LogP contribution in [0, 0.1) is 23.5 Å². The summed E-state index contributed by atoms with van der Waals surface area (Å²) in [6, 6.07) is 3.33. The third-order valence-electron chi connectivity index (χ3n) is 4.07. The molecule has 0 radical (unpaired) electrons. The van der Waals surface area contributed by atoms with Gasteiger partial charge in [0.1, 0.15) is 11.6 Å². The number of esters is 1. The number of ether oxygens (including phenoxy) is 1. The van der Waals surface area contributed by atoms with E-state index in [-0.39, 0.29) is 29.9 Å². The fourth-order valence-corrected chi connectivity index (χ4v) is 2.78. The number of nitrogens with one attached hydrogen (secondary N) is 1. The molecule has 126 valence electrons. The molecule has 1 N–H and O–H groups in total. The lowest BCUT2D eigenvalue weighted by Crippen LogP contribution is -2.40. The van der Waals surface area contributed by atoms with E-state index in [1.165, 1.54) is 7.11 Å². The van der Waals surface area contributed by atoms with Crippen LogP contribution >= 0.6 is 0 Å². The Hall–Kier alpha value is -2.18. The maximum absolute atomic E-state index is 13.7. The second-order valence-corrected chi connectivity index (χ2v) is 5.65. The first-order valence-electron chi connectivity index (χ1n) is 7.43. The zero-order chi connectivity index (χ0) is 17.0. The van der Waals surface area contributed by atoms with Crippen molar-refractivity contribution in [1.29, 1.82) is 0 Å². The topological polar surface area (TPSA) is 53.9 Å². The number of halogens is 2. The van der Waals surface area contributed by atoms with E-state index in [9.17, 15) is 13.6 Å². The number of benzene rings is 1. The van der Waals surface area contributed by atoms with Gasteiger partial charge in [0.25, 0.3) is 0 Å². The molecule has 1 aromatic carbocycles. The quantitative estimate of drug-likeness (QED) is 0.523. The summed E-state index contributed by atoms with van der Waals surface area (Å²) < 4.78 is 31.7. The van der Waals surface area contributed by atoms with E-state index in [0.29, 0.717) is 19.0 Å². The van der Waals surface area contributed by atoms with Crippen molar-refractivity contribution in [2.24, 2.45) is 16.8 Å². The normalized spacial score (nSPS) is 21.4. The fourth-order valence-electron chi connectivity index (χ4n) is 2.78. The number of guanidine groups is 1. The monoisotopic (exact) mass is 325 g/mol. The van der Waals surface area contributed by atoms with Gasteiger partial charge in [-0.15, -0.1) is 0 Å². The highest BCUT2D eigenvalue weighted by atomic mass is 19.1. The third-order valence-corrected chi connectivity index (χ3v) is 4.07. The smallest absolute Gasteiger partial charge is 0.310 e. The first-order chi connectivity index (χ1) is 11.0. The van der Waals surface area contributed by atoms with E-state index in [1.54, 1.807) is 7.05 Å². The van der Waals surface area contributed by atoms with Gasteiger partial charge in [-0.2, -0.15) is 0 Å². The number of carbonyl (C=O) groups excluding carboxylic acids is 1. The number of nitrogens with zero attached hydrogens (tertiary/aromatic N) is 2. The number of methoxy groups -OCH3 is 1. The van der Waals surface area contributed by atoms with Crippen LogP contribution in [0.25, 0.3) is 0 Å². The van der Waals surface area contributed by atoms with Gasteiger partial charge in [0.15, 0.2) is 5.96 Å². The van der Waals surface area contributed by atoms with Crippen LogP contribution in [0.4, 0.5) is 8.78 Å². The molecule has 1 heterocycles. The summed E-state index contributed by atoms with van der Waals surface area (Å²) >= 11 is 0. The molecule has 5 nitrogen and oxygen atoms in total. The number of aliphatic imine (C=N–C) groups is 1. The van der Waals surface area contributed by atoms with Crippen molar-refractivity contribution in [1.82, 2.24) is 10.2 Å². The van der Waals surface area contributed by atoms with Crippen LogP contribution in [-0.2, 0) is 16.1 Å². The van der Waals surface area contributed by atoms with Gasteiger partial charge < -0.3 is 15.0 Å². The molecule has 0 amide bonds. The summed E-state index contributed by atoms with van der Waals surface area (Å²) in [5.74, 6) is -0.745. The van der Waals surface area contributed by atoms with Crippen molar-refractivity contribution < 1.29 is 18.3 Å². The van der Waals surface area contributed by atoms with Crippen LogP contribution in [0.2, 0.25) is 0 Å². The number of likely N-dealkylation sites (tertiary alicyclic amines) is 1. The Morgan fingerprint density at radius 1 is 1.43 bits per heavy atom. The van der Waals surface area contributed by atoms with Gasteiger partial charge in [-0.25, -0.2) is 8.78 Å². The molecular weight excluding hydrogens is 304 g/mol. The second kappa shape index (κ2) is 7.39. The molecule has 2 atom stereocenters. The van der Waals surface area contributed by atoms with Gasteiger partial charge in [0.05, 0.1) is 13.0 Å². The van der Waals surface area contributed by atoms with Gasteiger partial charge in [0, 0.05) is 32.2 Å². The van der Waals surface area contributed by atoms with Crippen molar-refractivity contribution in [3.8, 4) is 0 Å². The minimum absolute atomic E-state index is 0.115. The highest BCUT2D eigenvalue weighted by Gasteiger charge is 2.36. The third kappa shape index (κ3) is 3.97. The minimum Gasteiger partial charge on any atom is -0.469 e. The van der Waals surface area contributed by atoms with Crippen molar-refractivity contribution in [2.75, 3.05) is 27.2 Å². The van der Waals surface area contributed by atoms with E-state index >= 15 is 0 Å². The summed E-state index contributed by atoms with van der Waals surface area (Å²) in [5.41, 5.74) is 0.225. The summed E-state index contributed by atoms with van der Waals surface area (Å²) in [7, 11) is 2.98. The zero-order valence-electron chi connectivity index (χ0n) is 13.5.